The van der Waals surface area contributed by atoms with Crippen LogP contribution in [0.15, 0.2) is 24.3 Å². The van der Waals surface area contributed by atoms with Crippen LogP contribution in [0, 0.1) is 5.92 Å². The molecule has 0 bridgehead atoms. The fraction of sp³-hybridized carbons (Fsp3) is 0.611. The van der Waals surface area contributed by atoms with Gasteiger partial charge in [0.2, 0.25) is 5.91 Å². The lowest BCUT2D eigenvalue weighted by atomic mass is 10.1. The van der Waals surface area contributed by atoms with Gasteiger partial charge in [-0.2, -0.15) is 11.8 Å². The molecule has 1 unspecified atom stereocenters. The summed E-state index contributed by atoms with van der Waals surface area (Å²) >= 11 is 1.95. The fourth-order valence-electron chi connectivity index (χ4n) is 3.55. The lowest BCUT2D eigenvalue weighted by Gasteiger charge is -2.38. The molecule has 1 saturated carbocycles. The van der Waals surface area contributed by atoms with Gasteiger partial charge in [-0.3, -0.25) is 4.79 Å². The van der Waals surface area contributed by atoms with Crippen molar-refractivity contribution < 1.29 is 4.79 Å². The number of benzene rings is 1. The average Bonchev–Trinajstić information content (AvgIpc) is 3.40. The molecule has 1 atom stereocenters. The quantitative estimate of drug-likeness (QED) is 0.836. The van der Waals surface area contributed by atoms with Gasteiger partial charge in [-0.05, 0) is 30.9 Å². The molecule has 4 rings (SSSR count). The van der Waals surface area contributed by atoms with E-state index in [-0.39, 0.29) is 30.7 Å². The molecular formula is C18H27Cl2N3OS. The van der Waals surface area contributed by atoms with Gasteiger partial charge in [0.25, 0.3) is 0 Å². The Morgan fingerprint density at radius 2 is 1.92 bits per heavy atom. The molecule has 0 spiro atoms. The second-order valence-corrected chi connectivity index (χ2v) is 8.00. The summed E-state index contributed by atoms with van der Waals surface area (Å²) in [5.74, 6) is 3.35. The van der Waals surface area contributed by atoms with E-state index in [4.69, 9.17) is 0 Å². The molecule has 25 heavy (non-hydrogen) atoms. The van der Waals surface area contributed by atoms with Crippen molar-refractivity contribution in [2.75, 3.05) is 47.5 Å². The van der Waals surface area contributed by atoms with Crippen molar-refractivity contribution in [1.82, 2.24) is 5.32 Å². The molecule has 0 radical (unpaired) electrons. The number of amides is 1. The third kappa shape index (κ3) is 4.97. The molecule has 1 saturated heterocycles. The molecule has 1 aliphatic carbocycles. The zero-order chi connectivity index (χ0) is 15.6. The molecule has 140 valence electrons. The van der Waals surface area contributed by atoms with Crippen molar-refractivity contribution >= 4 is 53.9 Å². The zero-order valence-corrected chi connectivity index (χ0v) is 16.8. The van der Waals surface area contributed by atoms with Gasteiger partial charge in [0.1, 0.15) is 0 Å². The zero-order valence-electron chi connectivity index (χ0n) is 14.4. The highest BCUT2D eigenvalue weighted by Crippen LogP contribution is 2.37. The number of anilines is 2. The summed E-state index contributed by atoms with van der Waals surface area (Å²) in [5.41, 5.74) is 2.35. The number of thioether (sulfide) groups is 1. The van der Waals surface area contributed by atoms with Gasteiger partial charge in [0.05, 0.1) is 11.4 Å². The third-order valence-electron chi connectivity index (χ3n) is 5.00. The summed E-state index contributed by atoms with van der Waals surface area (Å²) in [7, 11) is 0. The predicted octanol–water partition coefficient (Wildman–Crippen LogP) is 3.19. The van der Waals surface area contributed by atoms with Crippen LogP contribution in [0.5, 0.6) is 0 Å². The minimum atomic E-state index is 0. The van der Waals surface area contributed by atoms with Crippen LogP contribution < -0.4 is 15.1 Å². The standard InChI is InChI=1S/C18H25N3OS.2ClH/c22-18(11-15-13-23-10-7-19-15)21-9-8-20(12-14-5-6-14)16-3-1-2-4-17(16)21;;/h1-4,14-15,19H,5-13H2;2*1H. The number of carbonyl (C=O) groups is 1. The van der Waals surface area contributed by atoms with Crippen LogP contribution in [-0.4, -0.2) is 49.6 Å². The molecule has 3 aliphatic rings. The highest BCUT2D eigenvalue weighted by Gasteiger charge is 2.31. The number of fused-ring (bicyclic) bond motifs is 1. The van der Waals surface area contributed by atoms with Crippen molar-refractivity contribution in [2.24, 2.45) is 5.92 Å². The number of hydrogen-bond acceptors (Lipinski definition) is 4. The Bertz CT molecular complexity index is 579. The molecular weight excluding hydrogens is 377 g/mol. The van der Waals surface area contributed by atoms with E-state index in [1.165, 1.54) is 18.5 Å². The van der Waals surface area contributed by atoms with Crippen LogP contribution in [0.4, 0.5) is 11.4 Å². The molecule has 1 N–H and O–H groups in total. The number of nitrogens with zero attached hydrogens (tertiary/aromatic N) is 2. The molecule has 0 aromatic heterocycles. The summed E-state index contributed by atoms with van der Waals surface area (Å²) in [4.78, 5) is 17.3. The maximum Gasteiger partial charge on any atom is 0.228 e. The van der Waals surface area contributed by atoms with Gasteiger partial charge in [0, 0.05) is 50.1 Å². The monoisotopic (exact) mass is 403 g/mol. The highest BCUT2D eigenvalue weighted by molar-refractivity contribution is 7.99. The minimum Gasteiger partial charge on any atom is -0.368 e. The van der Waals surface area contributed by atoms with E-state index < -0.39 is 0 Å². The highest BCUT2D eigenvalue weighted by atomic mass is 35.5. The molecule has 4 nitrogen and oxygen atoms in total. The Hall–Kier alpha value is -0.620. The van der Waals surface area contributed by atoms with Crippen molar-refractivity contribution in [3.05, 3.63) is 24.3 Å². The topological polar surface area (TPSA) is 35.6 Å². The van der Waals surface area contributed by atoms with Gasteiger partial charge >= 0.3 is 0 Å². The van der Waals surface area contributed by atoms with Gasteiger partial charge in [-0.25, -0.2) is 0 Å². The molecule has 1 amide bonds. The number of carbonyl (C=O) groups excluding carboxylic acids is 1. The first-order valence-corrected chi connectivity index (χ1v) is 9.92. The number of rotatable bonds is 4. The van der Waals surface area contributed by atoms with Crippen molar-refractivity contribution in [3.8, 4) is 0 Å². The average molecular weight is 404 g/mol. The van der Waals surface area contributed by atoms with Crippen molar-refractivity contribution in [1.29, 1.82) is 0 Å². The van der Waals surface area contributed by atoms with E-state index in [2.05, 4.69) is 34.5 Å². The van der Waals surface area contributed by atoms with E-state index in [1.807, 2.05) is 16.7 Å². The predicted molar refractivity (Wildman–Crippen MR) is 112 cm³/mol. The largest absolute Gasteiger partial charge is 0.368 e. The molecule has 2 fully saturated rings. The summed E-state index contributed by atoms with van der Waals surface area (Å²) in [6.07, 6.45) is 3.35. The van der Waals surface area contributed by atoms with E-state index in [0.717, 1.165) is 49.3 Å². The van der Waals surface area contributed by atoms with Crippen LogP contribution in [0.25, 0.3) is 0 Å². The molecule has 2 heterocycles. The first-order chi connectivity index (χ1) is 11.3. The lowest BCUT2D eigenvalue weighted by Crippen LogP contribution is -2.47. The Labute approximate surface area is 166 Å². The van der Waals surface area contributed by atoms with Crippen molar-refractivity contribution in [2.45, 2.75) is 25.3 Å². The van der Waals surface area contributed by atoms with Crippen LogP contribution in [-0.2, 0) is 4.79 Å². The second kappa shape index (κ2) is 9.36. The van der Waals surface area contributed by atoms with Crippen LogP contribution in [0.2, 0.25) is 0 Å². The van der Waals surface area contributed by atoms with E-state index in [0.29, 0.717) is 12.5 Å². The number of nitrogens with one attached hydrogen (secondary N) is 1. The lowest BCUT2D eigenvalue weighted by molar-refractivity contribution is -0.119. The van der Waals surface area contributed by atoms with Gasteiger partial charge in [-0.15, -0.1) is 24.8 Å². The summed E-state index contributed by atoms with van der Waals surface area (Å²) in [5, 5.41) is 3.48. The van der Waals surface area contributed by atoms with E-state index in [9.17, 15) is 4.79 Å². The first kappa shape index (κ1) is 20.7. The molecule has 7 heteroatoms. The number of halogens is 2. The smallest absolute Gasteiger partial charge is 0.228 e. The van der Waals surface area contributed by atoms with Crippen LogP contribution >= 0.6 is 36.6 Å². The number of hydrogen-bond donors (Lipinski definition) is 1. The molecule has 1 aromatic rings. The van der Waals surface area contributed by atoms with Gasteiger partial charge in [0.15, 0.2) is 0 Å². The Morgan fingerprint density at radius 1 is 1.16 bits per heavy atom. The summed E-state index contributed by atoms with van der Waals surface area (Å²) < 4.78 is 0. The number of para-hydroxylation sites is 2. The van der Waals surface area contributed by atoms with E-state index >= 15 is 0 Å². The fourth-order valence-corrected chi connectivity index (χ4v) is 4.50. The van der Waals surface area contributed by atoms with Gasteiger partial charge < -0.3 is 15.1 Å². The minimum absolute atomic E-state index is 0. The van der Waals surface area contributed by atoms with Gasteiger partial charge in [-0.1, -0.05) is 12.1 Å². The van der Waals surface area contributed by atoms with Crippen LogP contribution in [0.1, 0.15) is 19.3 Å². The molecule has 1 aromatic carbocycles. The Kier molecular flexibility index (Phi) is 7.74. The third-order valence-corrected chi connectivity index (χ3v) is 6.13. The SMILES string of the molecule is Cl.Cl.O=C(CC1CSCCN1)N1CCN(CC2CC2)c2ccccc21. The summed E-state index contributed by atoms with van der Waals surface area (Å²) in [6, 6.07) is 8.75. The maximum absolute atomic E-state index is 12.8. The molecule has 2 aliphatic heterocycles. The Balaban J connectivity index is 0.00000113. The first-order valence-electron chi connectivity index (χ1n) is 8.77. The Morgan fingerprint density at radius 3 is 2.60 bits per heavy atom. The van der Waals surface area contributed by atoms with Crippen molar-refractivity contribution in [3.63, 3.8) is 0 Å². The normalized spacial score (nSPS) is 22.5. The summed E-state index contributed by atoms with van der Waals surface area (Å²) in [6.45, 7) is 3.96. The van der Waals surface area contributed by atoms with Crippen LogP contribution in [0.3, 0.4) is 0 Å². The maximum atomic E-state index is 12.8. The second-order valence-electron chi connectivity index (χ2n) is 6.85. The van der Waals surface area contributed by atoms with E-state index in [1.54, 1.807) is 0 Å².